The lowest BCUT2D eigenvalue weighted by Gasteiger charge is -2.17. The lowest BCUT2D eigenvalue weighted by atomic mass is 9.92. The first-order chi connectivity index (χ1) is 10.1. The molecular formula is C17H18Cl2FN. The summed E-state index contributed by atoms with van der Waals surface area (Å²) in [4.78, 5) is 0. The Balaban J connectivity index is 2.09. The molecule has 0 bridgehead atoms. The van der Waals surface area contributed by atoms with Gasteiger partial charge in [-0.25, -0.2) is 4.39 Å². The minimum Gasteiger partial charge on any atom is -0.319 e. The normalized spacial score (nSPS) is 12.4. The van der Waals surface area contributed by atoms with Gasteiger partial charge in [0.1, 0.15) is 5.82 Å². The average molecular weight is 326 g/mol. The van der Waals surface area contributed by atoms with Crippen LogP contribution in [0.5, 0.6) is 0 Å². The maximum absolute atomic E-state index is 13.2. The van der Waals surface area contributed by atoms with Gasteiger partial charge in [0.25, 0.3) is 0 Å². The number of rotatable bonds is 6. The van der Waals surface area contributed by atoms with Crippen LogP contribution in [0.25, 0.3) is 0 Å². The van der Waals surface area contributed by atoms with Crippen LogP contribution in [-0.4, -0.2) is 13.6 Å². The van der Waals surface area contributed by atoms with E-state index in [1.54, 1.807) is 12.1 Å². The minimum atomic E-state index is -0.375. The fraction of sp³-hybridized carbons (Fsp3) is 0.294. The van der Waals surface area contributed by atoms with E-state index in [4.69, 9.17) is 23.2 Å². The fourth-order valence-corrected chi connectivity index (χ4v) is 2.92. The first kappa shape index (κ1) is 16.3. The standard InChI is InChI=1S/C17H18Cl2FN/c1-21-11-14(7-12-3-2-4-15(18)9-12)8-13-5-6-17(20)16(19)10-13/h2-6,9-10,14,21H,7-8,11H2,1H3. The summed E-state index contributed by atoms with van der Waals surface area (Å²) >= 11 is 11.9. The summed E-state index contributed by atoms with van der Waals surface area (Å²) < 4.78 is 13.2. The smallest absolute Gasteiger partial charge is 0.141 e. The van der Waals surface area contributed by atoms with Crippen LogP contribution in [0.4, 0.5) is 4.39 Å². The molecule has 2 aromatic rings. The van der Waals surface area contributed by atoms with E-state index in [2.05, 4.69) is 11.4 Å². The molecule has 0 aliphatic heterocycles. The number of nitrogens with one attached hydrogen (secondary N) is 1. The Hall–Kier alpha value is -1.09. The predicted molar refractivity (Wildman–Crippen MR) is 87.7 cm³/mol. The van der Waals surface area contributed by atoms with Crippen molar-refractivity contribution in [2.45, 2.75) is 12.8 Å². The molecule has 0 amide bonds. The maximum Gasteiger partial charge on any atom is 0.141 e. The van der Waals surface area contributed by atoms with E-state index in [0.29, 0.717) is 5.92 Å². The molecule has 0 radical (unpaired) electrons. The van der Waals surface area contributed by atoms with Gasteiger partial charge >= 0.3 is 0 Å². The Morgan fingerprint density at radius 2 is 1.76 bits per heavy atom. The predicted octanol–water partition coefficient (Wildman–Crippen LogP) is 4.75. The van der Waals surface area contributed by atoms with Gasteiger partial charge in [-0.3, -0.25) is 0 Å². The maximum atomic E-state index is 13.2. The van der Waals surface area contributed by atoms with E-state index < -0.39 is 0 Å². The van der Waals surface area contributed by atoms with Crippen molar-refractivity contribution < 1.29 is 4.39 Å². The highest BCUT2D eigenvalue weighted by Gasteiger charge is 2.12. The van der Waals surface area contributed by atoms with Gasteiger partial charge < -0.3 is 5.32 Å². The summed E-state index contributed by atoms with van der Waals surface area (Å²) in [7, 11) is 1.93. The van der Waals surface area contributed by atoms with Gasteiger partial charge in [-0.1, -0.05) is 41.4 Å². The summed E-state index contributed by atoms with van der Waals surface area (Å²) in [6.45, 7) is 0.876. The summed E-state index contributed by atoms with van der Waals surface area (Å²) in [6.07, 6.45) is 1.75. The molecule has 0 aliphatic carbocycles. The molecule has 2 aromatic carbocycles. The zero-order valence-electron chi connectivity index (χ0n) is 11.9. The van der Waals surface area contributed by atoms with Crippen molar-refractivity contribution in [1.29, 1.82) is 0 Å². The van der Waals surface area contributed by atoms with Crippen LogP contribution in [0.3, 0.4) is 0 Å². The zero-order chi connectivity index (χ0) is 15.2. The van der Waals surface area contributed by atoms with Crippen molar-refractivity contribution in [3.05, 3.63) is 69.5 Å². The van der Waals surface area contributed by atoms with Gasteiger partial charge in [-0.15, -0.1) is 0 Å². The second-order valence-corrected chi connectivity index (χ2v) is 6.05. The van der Waals surface area contributed by atoms with E-state index in [1.165, 1.54) is 11.6 Å². The molecule has 4 heteroatoms. The second-order valence-electron chi connectivity index (χ2n) is 5.21. The summed E-state index contributed by atoms with van der Waals surface area (Å²) in [5, 5.41) is 4.14. The van der Waals surface area contributed by atoms with Crippen LogP contribution >= 0.6 is 23.2 Å². The Kier molecular flexibility index (Phi) is 6.04. The molecule has 1 nitrogen and oxygen atoms in total. The Labute approximate surface area is 135 Å². The number of hydrogen-bond donors (Lipinski definition) is 1. The van der Waals surface area contributed by atoms with Crippen LogP contribution in [0.15, 0.2) is 42.5 Å². The zero-order valence-corrected chi connectivity index (χ0v) is 13.4. The molecule has 1 unspecified atom stereocenters. The molecule has 0 spiro atoms. The monoisotopic (exact) mass is 325 g/mol. The molecule has 112 valence electrons. The van der Waals surface area contributed by atoms with Crippen molar-refractivity contribution in [3.8, 4) is 0 Å². The van der Waals surface area contributed by atoms with E-state index >= 15 is 0 Å². The molecule has 21 heavy (non-hydrogen) atoms. The van der Waals surface area contributed by atoms with Crippen molar-refractivity contribution in [2.75, 3.05) is 13.6 Å². The minimum absolute atomic E-state index is 0.179. The van der Waals surface area contributed by atoms with Crippen molar-refractivity contribution in [1.82, 2.24) is 5.32 Å². The molecule has 0 aromatic heterocycles. The summed E-state index contributed by atoms with van der Waals surface area (Å²) in [5.41, 5.74) is 2.25. The molecule has 2 rings (SSSR count). The summed E-state index contributed by atoms with van der Waals surface area (Å²) in [5.74, 6) is 0.0235. The Morgan fingerprint density at radius 3 is 2.38 bits per heavy atom. The van der Waals surface area contributed by atoms with Crippen LogP contribution in [0.2, 0.25) is 10.0 Å². The number of halogens is 3. The lowest BCUT2D eigenvalue weighted by Crippen LogP contribution is -2.22. The van der Waals surface area contributed by atoms with Gasteiger partial charge in [0, 0.05) is 5.02 Å². The molecule has 0 saturated heterocycles. The second kappa shape index (κ2) is 7.79. The third-order valence-corrected chi connectivity index (χ3v) is 3.94. The van der Waals surface area contributed by atoms with Gasteiger partial charge in [0.2, 0.25) is 0 Å². The molecular weight excluding hydrogens is 308 g/mol. The first-order valence-corrected chi connectivity index (χ1v) is 7.67. The number of hydrogen-bond acceptors (Lipinski definition) is 1. The third kappa shape index (κ3) is 4.99. The van der Waals surface area contributed by atoms with Crippen LogP contribution in [0, 0.1) is 11.7 Å². The quantitative estimate of drug-likeness (QED) is 0.807. The Bertz CT molecular complexity index is 601. The third-order valence-electron chi connectivity index (χ3n) is 3.41. The van der Waals surface area contributed by atoms with Crippen LogP contribution in [-0.2, 0) is 12.8 Å². The van der Waals surface area contributed by atoms with Gasteiger partial charge in [-0.05, 0) is 67.7 Å². The van der Waals surface area contributed by atoms with Crippen molar-refractivity contribution in [2.24, 2.45) is 5.92 Å². The van der Waals surface area contributed by atoms with Crippen LogP contribution in [0.1, 0.15) is 11.1 Å². The van der Waals surface area contributed by atoms with Crippen molar-refractivity contribution in [3.63, 3.8) is 0 Å². The van der Waals surface area contributed by atoms with E-state index in [0.717, 1.165) is 30.0 Å². The molecule has 0 heterocycles. The SMILES string of the molecule is CNCC(Cc1cccc(Cl)c1)Cc1ccc(F)c(Cl)c1. The van der Waals surface area contributed by atoms with Gasteiger partial charge in [0.05, 0.1) is 5.02 Å². The average Bonchev–Trinajstić information content (AvgIpc) is 2.43. The van der Waals surface area contributed by atoms with E-state index in [-0.39, 0.29) is 10.8 Å². The van der Waals surface area contributed by atoms with Gasteiger partial charge in [-0.2, -0.15) is 0 Å². The molecule has 0 aliphatic rings. The molecule has 0 saturated carbocycles. The fourth-order valence-electron chi connectivity index (χ4n) is 2.50. The van der Waals surface area contributed by atoms with E-state index in [9.17, 15) is 4.39 Å². The Morgan fingerprint density at radius 1 is 1.05 bits per heavy atom. The highest BCUT2D eigenvalue weighted by molar-refractivity contribution is 6.31. The van der Waals surface area contributed by atoms with Gasteiger partial charge in [0.15, 0.2) is 0 Å². The highest BCUT2D eigenvalue weighted by Crippen LogP contribution is 2.21. The molecule has 1 atom stereocenters. The van der Waals surface area contributed by atoms with Crippen LogP contribution < -0.4 is 5.32 Å². The molecule has 0 fully saturated rings. The molecule has 1 N–H and O–H groups in total. The van der Waals surface area contributed by atoms with E-state index in [1.807, 2.05) is 25.2 Å². The number of benzene rings is 2. The topological polar surface area (TPSA) is 12.0 Å². The largest absolute Gasteiger partial charge is 0.319 e. The van der Waals surface area contributed by atoms with Crippen molar-refractivity contribution >= 4 is 23.2 Å². The first-order valence-electron chi connectivity index (χ1n) is 6.91. The summed E-state index contributed by atoms with van der Waals surface area (Å²) in [6, 6.07) is 12.8. The highest BCUT2D eigenvalue weighted by atomic mass is 35.5. The lowest BCUT2D eigenvalue weighted by molar-refractivity contribution is 0.493.